The van der Waals surface area contributed by atoms with Crippen LogP contribution < -0.4 is 15.8 Å². The van der Waals surface area contributed by atoms with E-state index in [4.69, 9.17) is 20.7 Å². The van der Waals surface area contributed by atoms with Gasteiger partial charge in [0.15, 0.2) is 0 Å². The van der Waals surface area contributed by atoms with Crippen molar-refractivity contribution in [2.45, 2.75) is 75.7 Å². The van der Waals surface area contributed by atoms with Crippen LogP contribution in [0.25, 0.3) is 0 Å². The topological polar surface area (TPSA) is 159 Å². The number of nitrogens with two attached hydrogens (primary N) is 1. The van der Waals surface area contributed by atoms with Crippen LogP contribution in [0.3, 0.4) is 0 Å². The second kappa shape index (κ2) is 18.7. The quantitative estimate of drug-likeness (QED) is 0.128. The summed E-state index contributed by atoms with van der Waals surface area (Å²) in [5.41, 5.74) is 6.92. The van der Waals surface area contributed by atoms with E-state index in [1.807, 2.05) is 36.4 Å². The molecule has 1 amide bonds. The van der Waals surface area contributed by atoms with E-state index in [2.05, 4.69) is 12.2 Å². The number of allylic oxidation sites excluding steroid dienone is 1. The zero-order valence-corrected chi connectivity index (χ0v) is 21.8. The van der Waals surface area contributed by atoms with E-state index in [1.165, 1.54) is 24.6 Å². The van der Waals surface area contributed by atoms with Gasteiger partial charge in [0.2, 0.25) is 5.91 Å². The number of nitrogens with one attached hydrogen (secondary N) is 1. The van der Waals surface area contributed by atoms with Crippen LogP contribution in [-0.2, 0) is 20.8 Å². The first-order chi connectivity index (χ1) is 17.2. The minimum absolute atomic E-state index is 0.0412. The Bertz CT molecular complexity index is 834. The van der Waals surface area contributed by atoms with Gasteiger partial charge in [-0.2, -0.15) is 0 Å². The maximum Gasteiger partial charge on any atom is 0.322 e. The third-order valence-corrected chi connectivity index (χ3v) is 6.74. The zero-order chi connectivity index (χ0) is 26.8. The van der Waals surface area contributed by atoms with Crippen LogP contribution in [0, 0.1) is 0 Å². The van der Waals surface area contributed by atoms with Gasteiger partial charge in [-0.3, -0.25) is 14.4 Å². The predicted molar refractivity (Wildman–Crippen MR) is 141 cm³/mol. The van der Waals surface area contributed by atoms with E-state index < -0.39 is 41.8 Å². The lowest BCUT2D eigenvalue weighted by molar-refractivity contribution is -0.138. The highest BCUT2D eigenvalue weighted by Crippen LogP contribution is 2.22. The van der Waals surface area contributed by atoms with E-state index in [0.717, 1.165) is 24.2 Å². The molecule has 0 unspecified atom stereocenters. The predicted octanol–water partition coefficient (Wildman–Crippen LogP) is 2.99. The number of carbonyl (C=O) groups excluding carboxylic acids is 1. The Morgan fingerprint density at radius 1 is 1.14 bits per heavy atom. The highest BCUT2D eigenvalue weighted by Gasteiger charge is 2.21. The molecule has 9 nitrogen and oxygen atoms in total. The van der Waals surface area contributed by atoms with Crippen molar-refractivity contribution >= 4 is 29.6 Å². The van der Waals surface area contributed by atoms with Gasteiger partial charge in [-0.1, -0.05) is 50.5 Å². The number of amides is 1. The number of thioether (sulfide) groups is 1. The fourth-order valence-corrected chi connectivity index (χ4v) is 4.49. The van der Waals surface area contributed by atoms with Crippen LogP contribution in [0.1, 0.15) is 57.4 Å². The van der Waals surface area contributed by atoms with Gasteiger partial charge in [0.1, 0.15) is 12.3 Å². The molecule has 0 radical (unpaired) electrons. The number of aliphatic hydroxyl groups excluding tert-OH is 1. The highest BCUT2D eigenvalue weighted by molar-refractivity contribution is 8.00. The summed E-state index contributed by atoms with van der Waals surface area (Å²) in [6.07, 6.45) is 8.68. The molecule has 0 aliphatic heterocycles. The first-order valence-electron chi connectivity index (χ1n) is 12.4. The minimum atomic E-state index is -1.16. The number of carboxylic acids is 2. The largest absolute Gasteiger partial charge is 0.494 e. The third-order valence-electron chi connectivity index (χ3n) is 5.33. The maximum atomic E-state index is 12.0. The number of rotatable bonds is 20. The normalized spacial score (nSPS) is 13.8. The maximum absolute atomic E-state index is 12.0. The monoisotopic (exact) mass is 524 g/mol. The van der Waals surface area contributed by atoms with Crippen molar-refractivity contribution in [1.82, 2.24) is 5.32 Å². The number of aliphatic carboxylic acids is 2. The van der Waals surface area contributed by atoms with Gasteiger partial charge in [0.25, 0.3) is 0 Å². The lowest BCUT2D eigenvalue weighted by Gasteiger charge is -2.21. The van der Waals surface area contributed by atoms with E-state index in [9.17, 15) is 19.5 Å². The van der Waals surface area contributed by atoms with Crippen molar-refractivity contribution in [3.63, 3.8) is 0 Å². The Kier molecular flexibility index (Phi) is 16.3. The van der Waals surface area contributed by atoms with Crippen molar-refractivity contribution in [2.75, 3.05) is 18.9 Å². The third kappa shape index (κ3) is 14.8. The summed E-state index contributed by atoms with van der Waals surface area (Å²) in [7, 11) is 0. The van der Waals surface area contributed by atoms with Gasteiger partial charge >= 0.3 is 11.9 Å². The fourth-order valence-electron chi connectivity index (χ4n) is 3.33. The first kappa shape index (κ1) is 31.5. The number of ether oxygens (including phenoxy) is 1. The molecule has 6 N–H and O–H groups in total. The number of benzene rings is 1. The summed E-state index contributed by atoms with van der Waals surface area (Å²) in [6.45, 7) is 2.34. The Balaban J connectivity index is 2.70. The molecule has 0 aromatic heterocycles. The van der Waals surface area contributed by atoms with Crippen LogP contribution in [0.2, 0.25) is 0 Å². The van der Waals surface area contributed by atoms with E-state index in [0.29, 0.717) is 19.4 Å². The van der Waals surface area contributed by atoms with E-state index in [1.54, 1.807) is 0 Å². The van der Waals surface area contributed by atoms with Crippen molar-refractivity contribution in [2.24, 2.45) is 5.73 Å². The fraction of sp³-hybridized carbons (Fsp3) is 0.577. The van der Waals surface area contributed by atoms with Gasteiger partial charge in [-0.25, -0.2) is 0 Å². The summed E-state index contributed by atoms with van der Waals surface area (Å²) in [4.78, 5) is 33.4. The molecular weight excluding hydrogens is 484 g/mol. The van der Waals surface area contributed by atoms with E-state index >= 15 is 0 Å². The lowest BCUT2D eigenvalue weighted by atomic mass is 10.1. The molecule has 0 fully saturated rings. The molecule has 10 heteroatoms. The average Bonchev–Trinajstić information content (AvgIpc) is 2.84. The molecule has 1 aromatic rings. The summed E-state index contributed by atoms with van der Waals surface area (Å²) < 4.78 is 5.84. The summed E-state index contributed by atoms with van der Waals surface area (Å²) in [5.74, 6) is -1.69. The van der Waals surface area contributed by atoms with Gasteiger partial charge in [0.05, 0.1) is 18.8 Å². The van der Waals surface area contributed by atoms with Crippen LogP contribution in [0.15, 0.2) is 36.4 Å². The van der Waals surface area contributed by atoms with Crippen molar-refractivity contribution in [1.29, 1.82) is 0 Å². The molecule has 3 atom stereocenters. The molecule has 202 valence electrons. The number of aliphatic hydroxyl groups is 1. The second-order valence-electron chi connectivity index (χ2n) is 8.56. The van der Waals surface area contributed by atoms with Crippen molar-refractivity contribution in [3.8, 4) is 5.75 Å². The van der Waals surface area contributed by atoms with Gasteiger partial charge < -0.3 is 31.1 Å². The molecule has 0 saturated carbocycles. The standard InChI is InChI=1S/C26H40N2O7S/c1-2-3-4-5-15-35-20-11-6-9-19(16-20)10-7-13-23(22(29)12-8-14-24(30)31)36-18-21(27)26(34)28-17-25(32)33/h6-7,9,11,13,16,21-23,29H,2-5,8,10,12,14-15,17-18,27H2,1H3,(H,28,34)(H,30,31)(H,32,33)/b13-7+/t21-,22+,23-/m0/s1. The Morgan fingerprint density at radius 3 is 2.61 bits per heavy atom. The minimum Gasteiger partial charge on any atom is -0.494 e. The lowest BCUT2D eigenvalue weighted by Crippen LogP contribution is -2.44. The number of hydrogen-bond donors (Lipinski definition) is 5. The van der Waals surface area contributed by atoms with Gasteiger partial charge in [-0.15, -0.1) is 11.8 Å². The first-order valence-corrected chi connectivity index (χ1v) is 13.4. The molecular formula is C26H40N2O7S. The van der Waals surface area contributed by atoms with E-state index in [-0.39, 0.29) is 18.6 Å². The summed E-state index contributed by atoms with van der Waals surface area (Å²) in [6, 6.07) is 6.89. The van der Waals surface area contributed by atoms with Crippen LogP contribution in [-0.4, -0.2) is 69.5 Å². The number of unbranched alkanes of at least 4 members (excludes halogenated alkanes) is 3. The summed E-state index contributed by atoms with van der Waals surface area (Å²) in [5, 5.41) is 30.0. The smallest absolute Gasteiger partial charge is 0.322 e. The molecule has 0 heterocycles. The summed E-state index contributed by atoms with van der Waals surface area (Å²) >= 11 is 1.27. The number of hydrogen-bond acceptors (Lipinski definition) is 7. The van der Waals surface area contributed by atoms with Crippen molar-refractivity contribution in [3.05, 3.63) is 42.0 Å². The Morgan fingerprint density at radius 2 is 1.92 bits per heavy atom. The Hall–Kier alpha value is -2.56. The average molecular weight is 525 g/mol. The van der Waals surface area contributed by atoms with Gasteiger partial charge in [0, 0.05) is 17.4 Å². The SMILES string of the molecule is CCCCCCOc1cccc(C/C=C/[C@H](SC[C@H](N)C(=O)NCC(=O)O)[C@H](O)CCCC(=O)O)c1. The zero-order valence-electron chi connectivity index (χ0n) is 20.9. The molecule has 36 heavy (non-hydrogen) atoms. The Labute approximate surface area is 217 Å². The molecule has 1 rings (SSSR count). The molecule has 0 aliphatic rings. The second-order valence-corrected chi connectivity index (χ2v) is 9.77. The molecule has 0 spiro atoms. The molecule has 1 aromatic carbocycles. The molecule has 0 bridgehead atoms. The molecule has 0 aliphatic carbocycles. The number of carboxylic acid groups (broad SMARTS) is 2. The van der Waals surface area contributed by atoms with Crippen LogP contribution in [0.5, 0.6) is 5.75 Å². The van der Waals surface area contributed by atoms with Gasteiger partial charge in [-0.05, 0) is 43.4 Å². The van der Waals surface area contributed by atoms with Crippen molar-refractivity contribution < 1.29 is 34.4 Å². The molecule has 0 saturated heterocycles. The number of carbonyl (C=O) groups is 3. The highest BCUT2D eigenvalue weighted by atomic mass is 32.2. The van der Waals surface area contributed by atoms with Crippen LogP contribution >= 0.6 is 11.8 Å². The van der Waals surface area contributed by atoms with Crippen LogP contribution in [0.4, 0.5) is 0 Å².